The van der Waals surface area contributed by atoms with Crippen molar-refractivity contribution < 1.29 is 19.3 Å². The van der Waals surface area contributed by atoms with E-state index in [1.807, 2.05) is 13.0 Å². The van der Waals surface area contributed by atoms with Gasteiger partial charge in [-0.25, -0.2) is 4.79 Å². The normalized spacial score (nSPS) is 21.6. The predicted molar refractivity (Wildman–Crippen MR) is 105 cm³/mol. The van der Waals surface area contributed by atoms with E-state index in [9.17, 15) is 24.5 Å². The summed E-state index contributed by atoms with van der Waals surface area (Å²) in [4.78, 5) is 51.1. The lowest BCUT2D eigenvalue weighted by Gasteiger charge is -2.28. The summed E-state index contributed by atoms with van der Waals surface area (Å²) >= 11 is 0. The largest absolute Gasteiger partial charge is 0.325 e. The first-order valence-electron chi connectivity index (χ1n) is 9.66. The topological polar surface area (TPSA) is 113 Å². The highest BCUT2D eigenvalue weighted by atomic mass is 16.6. The van der Waals surface area contributed by atoms with Crippen molar-refractivity contribution in [3.05, 3.63) is 51.7 Å². The highest BCUT2D eigenvalue weighted by molar-refractivity contribution is 6.09. The monoisotopic (exact) mass is 400 g/mol. The number of benzene rings is 1. The number of nitro groups is 1. The second kappa shape index (κ2) is 8.02. The van der Waals surface area contributed by atoms with E-state index >= 15 is 0 Å². The van der Waals surface area contributed by atoms with Gasteiger partial charge in [0.2, 0.25) is 5.91 Å². The van der Waals surface area contributed by atoms with Gasteiger partial charge in [-0.2, -0.15) is 0 Å². The van der Waals surface area contributed by atoms with Gasteiger partial charge in [-0.15, -0.1) is 0 Å². The molecule has 29 heavy (non-hydrogen) atoms. The standard InChI is InChI=1S/C20H24N4O5/c1-3-22(15-7-5-4-6-8-15)17(25)13-23-18(26)20(2,21-19(23)27)14-9-11-16(12-10-14)24(28)29/h7,9-12H,3-6,8,13H2,1-2H3,(H,21,27)/t20-/m1/s1. The van der Waals surface area contributed by atoms with Crippen molar-refractivity contribution in [2.75, 3.05) is 13.1 Å². The van der Waals surface area contributed by atoms with Gasteiger partial charge < -0.3 is 10.2 Å². The maximum Gasteiger partial charge on any atom is 0.325 e. The molecule has 0 radical (unpaired) electrons. The number of hydrogen-bond acceptors (Lipinski definition) is 5. The summed E-state index contributed by atoms with van der Waals surface area (Å²) in [6.07, 6.45) is 5.87. The number of carbonyl (C=O) groups is 3. The van der Waals surface area contributed by atoms with Crippen molar-refractivity contribution in [3.63, 3.8) is 0 Å². The number of nitrogens with zero attached hydrogens (tertiary/aromatic N) is 3. The Bertz CT molecular complexity index is 879. The van der Waals surface area contributed by atoms with E-state index in [-0.39, 0.29) is 18.1 Å². The van der Waals surface area contributed by atoms with Crippen LogP contribution < -0.4 is 5.32 Å². The smallest absolute Gasteiger partial charge is 0.319 e. The Labute approximate surface area is 168 Å². The van der Waals surface area contributed by atoms with Crippen molar-refractivity contribution in [1.29, 1.82) is 0 Å². The third kappa shape index (κ3) is 3.85. The van der Waals surface area contributed by atoms with E-state index in [1.54, 1.807) is 4.90 Å². The first-order valence-corrected chi connectivity index (χ1v) is 9.66. The maximum absolute atomic E-state index is 13.0. The van der Waals surface area contributed by atoms with E-state index in [1.165, 1.54) is 31.2 Å². The van der Waals surface area contributed by atoms with E-state index in [2.05, 4.69) is 5.32 Å². The van der Waals surface area contributed by atoms with Crippen LogP contribution in [0.25, 0.3) is 0 Å². The number of hydrogen-bond donors (Lipinski definition) is 1. The Morgan fingerprint density at radius 3 is 2.52 bits per heavy atom. The molecule has 1 heterocycles. The van der Waals surface area contributed by atoms with Gasteiger partial charge in [0.05, 0.1) is 4.92 Å². The Kier molecular flexibility index (Phi) is 5.67. The number of likely N-dealkylation sites (N-methyl/N-ethyl adjacent to an activating group) is 1. The van der Waals surface area contributed by atoms with E-state index in [4.69, 9.17) is 0 Å². The van der Waals surface area contributed by atoms with Gasteiger partial charge in [-0.1, -0.05) is 6.08 Å². The fourth-order valence-corrected chi connectivity index (χ4v) is 3.78. The number of imide groups is 1. The minimum atomic E-state index is -1.38. The molecule has 9 heteroatoms. The summed E-state index contributed by atoms with van der Waals surface area (Å²) in [6, 6.07) is 4.78. The molecule has 1 N–H and O–H groups in total. The van der Waals surface area contributed by atoms with Crippen LogP contribution in [-0.2, 0) is 15.1 Å². The number of nitrogens with one attached hydrogen (secondary N) is 1. The van der Waals surface area contributed by atoms with E-state index in [0.29, 0.717) is 12.1 Å². The molecule has 2 aliphatic rings. The highest BCUT2D eigenvalue weighted by Crippen LogP contribution is 2.30. The summed E-state index contributed by atoms with van der Waals surface area (Å²) in [6.45, 7) is 3.51. The van der Waals surface area contributed by atoms with Crippen molar-refractivity contribution >= 4 is 23.5 Å². The fourth-order valence-electron chi connectivity index (χ4n) is 3.78. The molecule has 3 rings (SSSR count). The van der Waals surface area contributed by atoms with Crippen LogP contribution in [0.3, 0.4) is 0 Å². The molecular formula is C20H24N4O5. The average molecular weight is 400 g/mol. The third-order valence-electron chi connectivity index (χ3n) is 5.45. The Morgan fingerprint density at radius 1 is 1.28 bits per heavy atom. The first-order chi connectivity index (χ1) is 13.8. The van der Waals surface area contributed by atoms with Crippen molar-refractivity contribution in [2.24, 2.45) is 0 Å². The SMILES string of the molecule is CCN(C(=O)CN1C(=O)N[C@](C)(c2ccc([N+](=O)[O-])cc2)C1=O)C1=CCCCC1. The van der Waals surface area contributed by atoms with Crippen LogP contribution in [0.1, 0.15) is 45.1 Å². The highest BCUT2D eigenvalue weighted by Gasteiger charge is 2.49. The predicted octanol–water partition coefficient (Wildman–Crippen LogP) is 2.67. The molecular weight excluding hydrogens is 376 g/mol. The molecule has 1 saturated heterocycles. The van der Waals surface area contributed by atoms with Gasteiger partial charge in [-0.05, 0) is 57.2 Å². The van der Waals surface area contributed by atoms with Crippen molar-refractivity contribution in [3.8, 4) is 0 Å². The van der Waals surface area contributed by atoms with E-state index in [0.717, 1.165) is 36.3 Å². The van der Waals surface area contributed by atoms with Crippen LogP contribution >= 0.6 is 0 Å². The van der Waals surface area contributed by atoms with Crippen LogP contribution in [0.15, 0.2) is 36.0 Å². The molecule has 154 valence electrons. The van der Waals surface area contributed by atoms with Crippen molar-refractivity contribution in [2.45, 2.75) is 45.1 Å². The minimum Gasteiger partial charge on any atom is -0.319 e. The Hall–Kier alpha value is -3.23. The number of nitro benzene ring substituents is 1. The zero-order valence-electron chi connectivity index (χ0n) is 16.5. The summed E-state index contributed by atoms with van der Waals surface area (Å²) in [5.41, 5.74) is -0.138. The molecule has 0 unspecified atom stereocenters. The lowest BCUT2D eigenvalue weighted by Crippen LogP contribution is -2.44. The van der Waals surface area contributed by atoms with Crippen LogP contribution in [0.2, 0.25) is 0 Å². The summed E-state index contributed by atoms with van der Waals surface area (Å²) in [5.74, 6) is -0.865. The fraction of sp³-hybridized carbons (Fsp3) is 0.450. The lowest BCUT2D eigenvalue weighted by atomic mass is 9.92. The zero-order chi connectivity index (χ0) is 21.2. The first kappa shape index (κ1) is 20.5. The van der Waals surface area contributed by atoms with Gasteiger partial charge in [-0.3, -0.25) is 24.6 Å². The van der Waals surface area contributed by atoms with E-state index < -0.39 is 22.4 Å². The number of carbonyl (C=O) groups excluding carboxylic acids is 3. The van der Waals surface area contributed by atoms with Gasteiger partial charge in [0.15, 0.2) is 0 Å². The maximum atomic E-state index is 13.0. The number of non-ortho nitro benzene ring substituents is 1. The minimum absolute atomic E-state index is 0.111. The molecule has 0 bridgehead atoms. The number of amides is 4. The second-order valence-corrected chi connectivity index (χ2v) is 7.33. The van der Waals surface area contributed by atoms with Crippen LogP contribution in [-0.4, -0.2) is 45.7 Å². The molecule has 0 aromatic heterocycles. The van der Waals surface area contributed by atoms with Crippen LogP contribution in [0.5, 0.6) is 0 Å². The molecule has 0 spiro atoms. The van der Waals surface area contributed by atoms with Gasteiger partial charge in [0.25, 0.3) is 11.6 Å². The molecule has 0 saturated carbocycles. The molecule has 4 amide bonds. The zero-order valence-corrected chi connectivity index (χ0v) is 16.5. The van der Waals surface area contributed by atoms with Gasteiger partial charge in [0.1, 0.15) is 12.1 Å². The van der Waals surface area contributed by atoms with Crippen molar-refractivity contribution in [1.82, 2.24) is 15.1 Å². The average Bonchev–Trinajstić information content (AvgIpc) is 2.93. The lowest BCUT2D eigenvalue weighted by molar-refractivity contribution is -0.384. The number of urea groups is 1. The molecule has 1 aliphatic heterocycles. The van der Waals surface area contributed by atoms with Gasteiger partial charge >= 0.3 is 6.03 Å². The van der Waals surface area contributed by atoms with Crippen LogP contribution in [0.4, 0.5) is 10.5 Å². The van der Waals surface area contributed by atoms with Gasteiger partial charge in [0, 0.05) is 24.4 Å². The summed E-state index contributed by atoms with van der Waals surface area (Å²) in [5, 5.41) is 13.5. The molecule has 9 nitrogen and oxygen atoms in total. The number of allylic oxidation sites excluding steroid dienone is 2. The quantitative estimate of drug-likeness (QED) is 0.448. The molecule has 1 aliphatic carbocycles. The third-order valence-corrected chi connectivity index (χ3v) is 5.45. The molecule has 1 fully saturated rings. The Balaban J connectivity index is 1.78. The van der Waals surface area contributed by atoms with Crippen LogP contribution in [0, 0.1) is 10.1 Å². The number of rotatable bonds is 6. The summed E-state index contributed by atoms with van der Waals surface area (Å²) < 4.78 is 0. The molecule has 1 aromatic carbocycles. The summed E-state index contributed by atoms with van der Waals surface area (Å²) in [7, 11) is 0. The molecule has 1 atom stereocenters. The molecule has 1 aromatic rings. The second-order valence-electron chi connectivity index (χ2n) is 7.33. The Morgan fingerprint density at radius 2 is 1.97 bits per heavy atom.